The molecule has 176 valence electrons. The summed E-state index contributed by atoms with van der Waals surface area (Å²) in [4.78, 5) is 27.6. The van der Waals surface area contributed by atoms with Gasteiger partial charge in [0.1, 0.15) is 5.69 Å². The largest absolute Gasteiger partial charge is 0.354 e. The van der Waals surface area contributed by atoms with Gasteiger partial charge in [-0.25, -0.2) is 8.42 Å². The van der Waals surface area contributed by atoms with Crippen molar-refractivity contribution in [3.05, 3.63) is 59.9 Å². The lowest BCUT2D eigenvalue weighted by atomic mass is 9.98. The minimum absolute atomic E-state index is 0.0757. The summed E-state index contributed by atoms with van der Waals surface area (Å²) in [5.41, 5.74) is 3.40. The fraction of sp³-hybridized carbons (Fsp3) is 0.417. The van der Waals surface area contributed by atoms with Gasteiger partial charge in [-0.3, -0.25) is 9.59 Å². The molecule has 9 heteroatoms. The van der Waals surface area contributed by atoms with Crippen LogP contribution in [0.25, 0.3) is 0 Å². The smallest absolute Gasteiger partial charge is 0.272 e. The van der Waals surface area contributed by atoms with E-state index >= 15 is 0 Å². The van der Waals surface area contributed by atoms with Crippen LogP contribution < -0.4 is 10.6 Å². The lowest BCUT2D eigenvalue weighted by Gasteiger charge is -2.36. The normalized spacial score (nSPS) is 21.1. The van der Waals surface area contributed by atoms with E-state index in [1.165, 1.54) is 28.1 Å². The molecular weight excluding hydrogens is 440 g/mol. The Hall–Kier alpha value is -2.91. The molecule has 1 aromatic carbocycles. The third kappa shape index (κ3) is 5.04. The van der Waals surface area contributed by atoms with Gasteiger partial charge in [0.2, 0.25) is 15.9 Å². The van der Waals surface area contributed by atoms with E-state index in [9.17, 15) is 18.0 Å². The van der Waals surface area contributed by atoms with E-state index in [4.69, 9.17) is 0 Å². The second-order valence-electron chi connectivity index (χ2n) is 8.77. The van der Waals surface area contributed by atoms with Crippen molar-refractivity contribution >= 4 is 27.5 Å². The summed E-state index contributed by atoms with van der Waals surface area (Å²) in [6.07, 6.45) is 6.52. The molecule has 2 aliphatic rings. The number of hydrogen-bond acceptors (Lipinski definition) is 4. The van der Waals surface area contributed by atoms with Gasteiger partial charge in [-0.05, 0) is 87.4 Å². The Morgan fingerprint density at radius 3 is 2.58 bits per heavy atom. The Kier molecular flexibility index (Phi) is 6.71. The Bertz CT molecular complexity index is 1130. The minimum Gasteiger partial charge on any atom is -0.354 e. The fourth-order valence-corrected chi connectivity index (χ4v) is 6.33. The minimum atomic E-state index is -3.69. The molecule has 1 aromatic heterocycles. The van der Waals surface area contributed by atoms with Crippen LogP contribution in [0.3, 0.4) is 0 Å². The average Bonchev–Trinajstić information content (AvgIpc) is 3.24. The number of nitrogens with zero attached hydrogens (tertiary/aromatic N) is 1. The molecule has 1 aliphatic carbocycles. The third-order valence-corrected chi connectivity index (χ3v) is 8.45. The van der Waals surface area contributed by atoms with Gasteiger partial charge in [0.15, 0.2) is 0 Å². The summed E-state index contributed by atoms with van der Waals surface area (Å²) in [5.74, 6) is -0.488. The van der Waals surface area contributed by atoms with Crippen LogP contribution in [0.15, 0.2) is 47.9 Å². The van der Waals surface area contributed by atoms with Crippen molar-refractivity contribution in [2.24, 2.45) is 0 Å². The quantitative estimate of drug-likeness (QED) is 0.564. The van der Waals surface area contributed by atoms with Crippen LogP contribution in [0.5, 0.6) is 0 Å². The summed E-state index contributed by atoms with van der Waals surface area (Å²) < 4.78 is 27.8. The number of aromatic amines is 1. The number of aryl methyl sites for hydroxylation is 2. The van der Waals surface area contributed by atoms with Crippen LogP contribution in [0.1, 0.15) is 54.4 Å². The highest BCUT2D eigenvalue weighted by molar-refractivity contribution is 7.89. The topological polar surface area (TPSA) is 111 Å². The van der Waals surface area contributed by atoms with Gasteiger partial charge in [0.25, 0.3) is 5.91 Å². The number of piperidine rings is 1. The monoisotopic (exact) mass is 470 g/mol. The maximum atomic E-state index is 13.2. The number of amides is 2. The Labute approximate surface area is 194 Å². The second kappa shape index (κ2) is 9.52. The number of anilines is 1. The van der Waals surface area contributed by atoms with E-state index in [-0.39, 0.29) is 28.8 Å². The molecule has 1 aliphatic heterocycles. The number of carbonyl (C=O) groups excluding carboxylic acids is 2. The molecule has 0 bridgehead atoms. The maximum Gasteiger partial charge on any atom is 0.272 e. The highest BCUT2D eigenvalue weighted by atomic mass is 32.2. The van der Waals surface area contributed by atoms with Crippen LogP contribution in [-0.2, 0) is 27.7 Å². The van der Waals surface area contributed by atoms with E-state index < -0.39 is 10.0 Å². The number of rotatable bonds is 6. The molecule has 2 atom stereocenters. The van der Waals surface area contributed by atoms with Crippen LogP contribution in [0, 0.1) is 0 Å². The molecule has 2 unspecified atom stereocenters. The third-order valence-electron chi connectivity index (χ3n) is 6.43. The van der Waals surface area contributed by atoms with Crippen LogP contribution >= 0.6 is 0 Å². The summed E-state index contributed by atoms with van der Waals surface area (Å²) in [7, 11) is -3.69. The molecule has 2 aromatic rings. The first-order valence-corrected chi connectivity index (χ1v) is 12.8. The molecular formula is C24H30N4O4S. The Balaban J connectivity index is 1.41. The molecule has 1 fully saturated rings. The van der Waals surface area contributed by atoms with E-state index in [0.717, 1.165) is 31.4 Å². The molecule has 1 saturated heterocycles. The molecule has 4 rings (SSSR count). The van der Waals surface area contributed by atoms with E-state index in [1.807, 2.05) is 13.0 Å². The van der Waals surface area contributed by atoms with E-state index in [2.05, 4.69) is 22.2 Å². The van der Waals surface area contributed by atoms with Crippen LogP contribution in [0.4, 0.5) is 5.69 Å². The lowest BCUT2D eigenvalue weighted by Crippen LogP contribution is -2.50. The first-order valence-electron chi connectivity index (χ1n) is 11.3. The summed E-state index contributed by atoms with van der Waals surface area (Å²) in [6.45, 7) is 5.61. The maximum absolute atomic E-state index is 13.2. The molecule has 0 spiro atoms. The number of sulfonamides is 1. The molecule has 2 amide bonds. The standard InChI is InChI=1S/C24H30N4O4S/c1-3-23(29)25-19-12-13-28(16(2)14-19)33(31,32)20-10-8-18(9-11-20)26-24(30)22-15-17-6-4-5-7-21(17)27-22/h3,8-11,15-16,19,27H,1,4-7,12-14H2,2H3,(H,25,29)(H,26,30). The predicted octanol–water partition coefficient (Wildman–Crippen LogP) is 2.99. The average molecular weight is 471 g/mol. The van der Waals surface area contributed by atoms with Crippen molar-refractivity contribution in [2.45, 2.75) is 62.4 Å². The zero-order valence-electron chi connectivity index (χ0n) is 18.8. The molecule has 3 N–H and O–H groups in total. The van der Waals surface area contributed by atoms with Crippen molar-refractivity contribution in [1.29, 1.82) is 0 Å². The highest BCUT2D eigenvalue weighted by Gasteiger charge is 2.34. The first kappa shape index (κ1) is 23.3. The zero-order valence-corrected chi connectivity index (χ0v) is 19.6. The van der Waals surface area contributed by atoms with Crippen LogP contribution in [-0.4, -0.2) is 48.1 Å². The number of fused-ring (bicyclic) bond motifs is 1. The highest BCUT2D eigenvalue weighted by Crippen LogP contribution is 2.27. The van der Waals surface area contributed by atoms with Gasteiger partial charge in [0.05, 0.1) is 4.90 Å². The molecule has 33 heavy (non-hydrogen) atoms. The van der Waals surface area contributed by atoms with Gasteiger partial charge in [-0.2, -0.15) is 4.31 Å². The van der Waals surface area contributed by atoms with Crippen molar-refractivity contribution in [3.8, 4) is 0 Å². The van der Waals surface area contributed by atoms with Crippen molar-refractivity contribution in [1.82, 2.24) is 14.6 Å². The van der Waals surface area contributed by atoms with Gasteiger partial charge in [-0.15, -0.1) is 0 Å². The Morgan fingerprint density at radius 2 is 1.91 bits per heavy atom. The molecule has 8 nitrogen and oxygen atoms in total. The van der Waals surface area contributed by atoms with E-state index in [1.54, 1.807) is 12.1 Å². The number of hydrogen-bond donors (Lipinski definition) is 3. The molecule has 0 radical (unpaired) electrons. The van der Waals surface area contributed by atoms with Gasteiger partial charge in [0, 0.05) is 30.0 Å². The number of H-pyrrole nitrogens is 1. The SMILES string of the molecule is C=CC(=O)NC1CCN(S(=O)(=O)c2ccc(NC(=O)c3cc4c([nH]3)CCCC4)cc2)C(C)C1. The van der Waals surface area contributed by atoms with Crippen molar-refractivity contribution < 1.29 is 18.0 Å². The van der Waals surface area contributed by atoms with E-state index in [0.29, 0.717) is 30.8 Å². The zero-order chi connectivity index (χ0) is 23.6. The van der Waals surface area contributed by atoms with Crippen LogP contribution in [0.2, 0.25) is 0 Å². The number of aromatic nitrogens is 1. The summed E-state index contributed by atoms with van der Waals surface area (Å²) >= 11 is 0. The number of nitrogens with one attached hydrogen (secondary N) is 3. The number of carbonyl (C=O) groups is 2. The predicted molar refractivity (Wildman–Crippen MR) is 127 cm³/mol. The van der Waals surface area contributed by atoms with Crippen molar-refractivity contribution in [2.75, 3.05) is 11.9 Å². The fourth-order valence-electron chi connectivity index (χ4n) is 4.67. The van der Waals surface area contributed by atoms with Crippen molar-refractivity contribution in [3.63, 3.8) is 0 Å². The Morgan fingerprint density at radius 1 is 1.18 bits per heavy atom. The molecule has 2 heterocycles. The molecule has 0 saturated carbocycles. The number of benzene rings is 1. The summed E-state index contributed by atoms with van der Waals surface area (Å²) in [5, 5.41) is 5.68. The van der Waals surface area contributed by atoms with Gasteiger partial charge >= 0.3 is 0 Å². The second-order valence-corrected chi connectivity index (χ2v) is 10.7. The van der Waals surface area contributed by atoms with Gasteiger partial charge < -0.3 is 15.6 Å². The lowest BCUT2D eigenvalue weighted by molar-refractivity contribution is -0.117. The summed E-state index contributed by atoms with van der Waals surface area (Å²) in [6, 6.07) is 7.83. The first-order chi connectivity index (χ1) is 15.8. The van der Waals surface area contributed by atoms with Gasteiger partial charge in [-0.1, -0.05) is 6.58 Å².